The van der Waals surface area contributed by atoms with Crippen LogP contribution < -0.4 is 4.72 Å². The van der Waals surface area contributed by atoms with Crippen LogP contribution in [-0.4, -0.2) is 34.6 Å². The van der Waals surface area contributed by atoms with E-state index in [4.69, 9.17) is 11.7 Å². The van der Waals surface area contributed by atoms with Gasteiger partial charge in [-0.05, 0) is 41.8 Å². The Bertz CT molecular complexity index is 1330. The van der Waals surface area contributed by atoms with Crippen LogP contribution in [-0.2, 0) is 25.6 Å². The lowest BCUT2D eigenvalue weighted by Gasteiger charge is -2.15. The normalized spacial score (nSPS) is 12.3. The molecular weight excluding hydrogens is 496 g/mol. The quantitative estimate of drug-likeness (QED) is 0.343. The number of phenolic OH excluding ortho intramolecular Hbond substituents is 1. The summed E-state index contributed by atoms with van der Waals surface area (Å²) in [5.74, 6) is -2.54. The molecule has 0 spiro atoms. The number of hydrogen-bond acceptors (Lipinski definition) is 5. The first-order valence-electron chi connectivity index (χ1n) is 8.18. The first kappa shape index (κ1) is 21.8. The number of benzene rings is 3. The average molecular weight is 509 g/mol. The Morgan fingerprint density at radius 3 is 2.40 bits per heavy atom. The molecule has 0 aliphatic heterocycles. The first-order valence-corrected chi connectivity index (χ1v) is 11.8. The van der Waals surface area contributed by atoms with Crippen LogP contribution >= 0.6 is 15.9 Å². The molecule has 11 heteroatoms. The number of carboxylic acid groups (broad SMARTS) is 1. The SMILES string of the molecule is [C-]#[N+]c1ccc2c(O)c(S(=O)CC(=O)O)cc(NS(=O)(=O)c3ccc(Br)cc3)c2c1. The number of carboxylic acids is 1. The summed E-state index contributed by atoms with van der Waals surface area (Å²) in [4.78, 5) is 14.0. The first-order chi connectivity index (χ1) is 14.1. The van der Waals surface area contributed by atoms with E-state index in [0.29, 0.717) is 4.47 Å². The summed E-state index contributed by atoms with van der Waals surface area (Å²) in [7, 11) is -6.19. The van der Waals surface area contributed by atoms with Crippen LogP contribution in [0, 0.1) is 6.57 Å². The van der Waals surface area contributed by atoms with Crippen molar-refractivity contribution in [1.29, 1.82) is 0 Å². The number of anilines is 1. The minimum Gasteiger partial charge on any atom is -0.506 e. The smallest absolute Gasteiger partial charge is 0.316 e. The van der Waals surface area contributed by atoms with Gasteiger partial charge in [0.05, 0.1) is 32.9 Å². The summed E-state index contributed by atoms with van der Waals surface area (Å²) >= 11 is 3.23. The number of halogens is 1. The maximum atomic E-state index is 12.8. The molecule has 0 heterocycles. The van der Waals surface area contributed by atoms with Crippen LogP contribution in [0.3, 0.4) is 0 Å². The fourth-order valence-corrected chi connectivity index (χ4v) is 5.00. The van der Waals surface area contributed by atoms with Gasteiger partial charge in [0, 0.05) is 9.86 Å². The zero-order valence-corrected chi connectivity index (χ0v) is 18.2. The van der Waals surface area contributed by atoms with Gasteiger partial charge in [-0.25, -0.2) is 13.3 Å². The number of nitrogens with zero attached hydrogens (tertiary/aromatic N) is 1. The molecule has 3 aromatic carbocycles. The topological polar surface area (TPSA) is 125 Å². The average Bonchev–Trinajstić information content (AvgIpc) is 2.69. The van der Waals surface area contributed by atoms with Crippen molar-refractivity contribution in [2.24, 2.45) is 0 Å². The lowest BCUT2D eigenvalue weighted by atomic mass is 10.1. The second-order valence-corrected chi connectivity index (χ2v) is 10.1. The highest BCUT2D eigenvalue weighted by atomic mass is 79.9. The van der Waals surface area contributed by atoms with Gasteiger partial charge in [-0.1, -0.05) is 28.1 Å². The van der Waals surface area contributed by atoms with Crippen LogP contribution in [0.15, 0.2) is 62.8 Å². The standard InChI is InChI=1S/C19H13BrN2O6S2/c1-21-12-4-7-14-15(8-12)16(9-17(19(14)25)29(26)10-18(23)24)22-30(27,28)13-5-2-11(20)3-6-13/h2-9,22,25H,10H2,(H,23,24). The van der Waals surface area contributed by atoms with Gasteiger partial charge >= 0.3 is 5.97 Å². The van der Waals surface area contributed by atoms with Gasteiger partial charge in [0.15, 0.2) is 5.69 Å². The van der Waals surface area contributed by atoms with E-state index in [1.807, 2.05) is 0 Å². The molecule has 30 heavy (non-hydrogen) atoms. The molecule has 3 rings (SSSR count). The van der Waals surface area contributed by atoms with E-state index in [0.717, 1.165) is 6.07 Å². The Kier molecular flexibility index (Phi) is 6.12. The molecule has 0 saturated carbocycles. The van der Waals surface area contributed by atoms with E-state index in [9.17, 15) is 22.5 Å². The Morgan fingerprint density at radius 2 is 1.80 bits per heavy atom. The van der Waals surface area contributed by atoms with E-state index in [1.165, 1.54) is 30.3 Å². The summed E-state index contributed by atoms with van der Waals surface area (Å²) < 4.78 is 41.1. The summed E-state index contributed by atoms with van der Waals surface area (Å²) in [6, 6.07) is 11.2. The minimum atomic E-state index is -4.06. The number of carbonyl (C=O) groups is 1. The molecule has 0 saturated heterocycles. The predicted molar refractivity (Wildman–Crippen MR) is 116 cm³/mol. The Labute approximate surface area is 182 Å². The van der Waals surface area contributed by atoms with Gasteiger partial charge in [-0.15, -0.1) is 0 Å². The summed E-state index contributed by atoms with van der Waals surface area (Å²) in [5.41, 5.74) is 0.162. The summed E-state index contributed by atoms with van der Waals surface area (Å²) in [6.07, 6.45) is 0. The van der Waals surface area contributed by atoms with Gasteiger partial charge in [-0.2, -0.15) is 0 Å². The third-order valence-corrected chi connectivity index (χ3v) is 7.28. The lowest BCUT2D eigenvalue weighted by Crippen LogP contribution is -2.14. The van der Waals surface area contributed by atoms with Crippen molar-refractivity contribution in [3.8, 4) is 5.75 Å². The maximum absolute atomic E-state index is 12.8. The highest BCUT2D eigenvalue weighted by Crippen LogP contribution is 2.39. The van der Waals surface area contributed by atoms with Crippen molar-refractivity contribution in [3.05, 3.63) is 64.4 Å². The van der Waals surface area contributed by atoms with Crippen LogP contribution in [0.1, 0.15) is 0 Å². The monoisotopic (exact) mass is 508 g/mol. The molecule has 3 aromatic rings. The molecule has 0 amide bonds. The molecule has 0 aliphatic carbocycles. The number of rotatable bonds is 6. The predicted octanol–water partition coefficient (Wildman–Crippen LogP) is 3.85. The van der Waals surface area contributed by atoms with Crippen LogP contribution in [0.5, 0.6) is 5.75 Å². The number of aliphatic carboxylic acids is 1. The highest BCUT2D eigenvalue weighted by Gasteiger charge is 2.22. The van der Waals surface area contributed by atoms with Gasteiger partial charge in [0.1, 0.15) is 11.5 Å². The van der Waals surface area contributed by atoms with Gasteiger partial charge < -0.3 is 10.2 Å². The van der Waals surface area contributed by atoms with E-state index in [1.54, 1.807) is 12.1 Å². The molecule has 1 unspecified atom stereocenters. The molecule has 0 bridgehead atoms. The highest BCUT2D eigenvalue weighted by molar-refractivity contribution is 9.10. The largest absolute Gasteiger partial charge is 0.506 e. The van der Waals surface area contributed by atoms with Crippen molar-refractivity contribution in [2.45, 2.75) is 9.79 Å². The Hall–Kier alpha value is -2.94. The number of aromatic hydroxyl groups is 1. The van der Waals surface area contributed by atoms with Gasteiger partial charge in [-0.3, -0.25) is 13.7 Å². The lowest BCUT2D eigenvalue weighted by molar-refractivity contribution is -0.133. The minimum absolute atomic E-state index is 0.0371. The zero-order valence-electron chi connectivity index (χ0n) is 15.0. The van der Waals surface area contributed by atoms with Crippen molar-refractivity contribution in [3.63, 3.8) is 0 Å². The molecule has 0 fully saturated rings. The summed E-state index contributed by atoms with van der Waals surface area (Å²) in [5, 5.41) is 19.8. The van der Waals surface area contributed by atoms with E-state index >= 15 is 0 Å². The second kappa shape index (κ2) is 8.43. The number of hydrogen-bond donors (Lipinski definition) is 3. The third-order valence-electron chi connectivity index (χ3n) is 4.05. The number of phenols is 1. The number of nitrogens with one attached hydrogen (secondary N) is 1. The zero-order chi connectivity index (χ0) is 22.1. The van der Waals surface area contributed by atoms with Crippen molar-refractivity contribution >= 4 is 64.9 Å². The molecule has 154 valence electrons. The van der Waals surface area contributed by atoms with E-state index in [2.05, 4.69) is 25.5 Å². The van der Waals surface area contributed by atoms with Crippen molar-refractivity contribution < 1.29 is 27.6 Å². The Balaban J connectivity index is 2.21. The second-order valence-electron chi connectivity index (χ2n) is 6.06. The summed E-state index contributed by atoms with van der Waals surface area (Å²) in [6.45, 7) is 7.17. The molecule has 8 nitrogen and oxygen atoms in total. The van der Waals surface area contributed by atoms with Crippen LogP contribution in [0.2, 0.25) is 0 Å². The molecule has 0 aliphatic rings. The molecule has 0 aromatic heterocycles. The molecular formula is C19H13BrN2O6S2. The van der Waals surface area contributed by atoms with Gasteiger partial charge in [0.25, 0.3) is 10.0 Å². The van der Waals surface area contributed by atoms with Crippen molar-refractivity contribution in [2.75, 3.05) is 10.5 Å². The maximum Gasteiger partial charge on any atom is 0.316 e. The van der Waals surface area contributed by atoms with Crippen LogP contribution in [0.25, 0.3) is 15.6 Å². The molecule has 3 N–H and O–H groups in total. The Morgan fingerprint density at radius 1 is 1.13 bits per heavy atom. The van der Waals surface area contributed by atoms with Gasteiger partial charge in [0.2, 0.25) is 0 Å². The number of sulfonamides is 1. The van der Waals surface area contributed by atoms with Crippen molar-refractivity contribution in [1.82, 2.24) is 0 Å². The van der Waals surface area contributed by atoms with Crippen LogP contribution in [0.4, 0.5) is 11.4 Å². The molecule has 0 radical (unpaired) electrons. The van der Waals surface area contributed by atoms with E-state index in [-0.39, 0.29) is 31.9 Å². The fraction of sp³-hybridized carbons (Fsp3) is 0.0526. The number of fused-ring (bicyclic) bond motifs is 1. The van der Waals surface area contributed by atoms with E-state index < -0.39 is 38.3 Å². The molecule has 1 atom stereocenters. The fourth-order valence-electron chi connectivity index (χ4n) is 2.71. The third kappa shape index (κ3) is 4.46.